The van der Waals surface area contributed by atoms with E-state index in [0.29, 0.717) is 33.9 Å². The quantitative estimate of drug-likeness (QED) is 0.210. The number of carbonyl (C=O) groups is 2. The normalized spacial score (nSPS) is 12.6. The number of imidazole rings is 1. The van der Waals surface area contributed by atoms with Gasteiger partial charge in [-0.25, -0.2) is 19.6 Å². The van der Waals surface area contributed by atoms with Gasteiger partial charge in [0.15, 0.2) is 17.5 Å². The molecule has 0 aliphatic heterocycles. The van der Waals surface area contributed by atoms with Gasteiger partial charge in [0, 0.05) is 29.2 Å². The number of hydrogen-bond acceptors (Lipinski definition) is 7. The first kappa shape index (κ1) is 33.5. The molecule has 10 nitrogen and oxygen atoms in total. The molecule has 3 heterocycles. The first-order valence-corrected chi connectivity index (χ1v) is 10.9. The number of aliphatic hydroxyl groups excluding tert-OH is 1. The largest absolute Gasteiger partial charge is 0.490 e. The second-order valence-electron chi connectivity index (χ2n) is 8.05. The Bertz CT molecular complexity index is 1520. The number of aliphatic hydroxyl groups is 1. The number of carboxylic acid groups (broad SMARTS) is 2. The molecule has 19 heteroatoms. The summed E-state index contributed by atoms with van der Waals surface area (Å²) in [7, 11) is 0. The molecule has 42 heavy (non-hydrogen) atoms. The third-order valence-electron chi connectivity index (χ3n) is 4.92. The van der Waals surface area contributed by atoms with Gasteiger partial charge in [0.1, 0.15) is 5.52 Å². The highest BCUT2D eigenvalue weighted by Crippen LogP contribution is 2.34. The number of aryl methyl sites for hydroxylation is 2. The molecule has 1 atom stereocenters. The smallest absolute Gasteiger partial charge is 0.475 e. The number of fused-ring (bicyclic) bond motifs is 1. The van der Waals surface area contributed by atoms with Crippen LogP contribution in [0.2, 0.25) is 0 Å². The zero-order valence-electron chi connectivity index (χ0n) is 20.9. The number of alkyl halides is 9. The van der Waals surface area contributed by atoms with Gasteiger partial charge in [0.05, 0.1) is 5.69 Å². The van der Waals surface area contributed by atoms with Crippen molar-refractivity contribution in [1.29, 1.82) is 0 Å². The lowest BCUT2D eigenvalue weighted by Gasteiger charge is -2.15. The number of oxazole rings is 1. The van der Waals surface area contributed by atoms with E-state index in [9.17, 15) is 44.6 Å². The van der Waals surface area contributed by atoms with Crippen LogP contribution in [0.25, 0.3) is 33.9 Å². The minimum Gasteiger partial charge on any atom is -0.475 e. The maximum absolute atomic E-state index is 12.8. The zero-order chi connectivity index (χ0) is 32.2. The van der Waals surface area contributed by atoms with E-state index >= 15 is 0 Å². The summed E-state index contributed by atoms with van der Waals surface area (Å²) in [6.07, 6.45) is -15.1. The molecule has 0 saturated heterocycles. The number of aromatic amines is 1. The van der Waals surface area contributed by atoms with Gasteiger partial charge in [-0.15, -0.1) is 0 Å². The lowest BCUT2D eigenvalue weighted by atomic mass is 10.0. The minimum absolute atomic E-state index is 0.322. The predicted molar refractivity (Wildman–Crippen MR) is 123 cm³/mol. The van der Waals surface area contributed by atoms with Gasteiger partial charge in [-0.2, -0.15) is 39.5 Å². The number of benzene rings is 1. The molecular formula is C23H17F9N4O6. The number of nitrogens with one attached hydrogen (secondary N) is 1. The maximum atomic E-state index is 12.8. The predicted octanol–water partition coefficient (Wildman–Crippen LogP) is 5.76. The van der Waals surface area contributed by atoms with Crippen molar-refractivity contribution in [2.45, 2.75) is 38.5 Å². The SMILES string of the molecule is Cc1nc(-c2nc3ccc(-c4cncc(C(O)C(F)(F)F)c4)cc3o2)[nH]c1C.O=C(O)C(F)(F)F.O=C(O)C(F)(F)F. The van der Waals surface area contributed by atoms with Crippen molar-refractivity contribution in [2.24, 2.45) is 0 Å². The fraction of sp³-hybridized carbons (Fsp3) is 0.261. The number of H-pyrrole nitrogens is 1. The van der Waals surface area contributed by atoms with Gasteiger partial charge in [-0.3, -0.25) is 4.98 Å². The second-order valence-corrected chi connectivity index (χ2v) is 8.05. The minimum atomic E-state index is -5.08. The molecule has 4 rings (SSSR count). The number of pyridine rings is 1. The molecule has 4 aromatic rings. The van der Waals surface area contributed by atoms with Crippen molar-refractivity contribution in [1.82, 2.24) is 19.9 Å². The first-order chi connectivity index (χ1) is 19.1. The molecule has 4 N–H and O–H groups in total. The topological polar surface area (TPSA) is 162 Å². The molecule has 3 aromatic heterocycles. The number of nitrogens with zero attached hydrogens (tertiary/aromatic N) is 3. The van der Waals surface area contributed by atoms with Crippen LogP contribution >= 0.6 is 0 Å². The van der Waals surface area contributed by atoms with Crippen molar-refractivity contribution in [3.8, 4) is 22.8 Å². The van der Waals surface area contributed by atoms with Gasteiger partial charge < -0.3 is 24.7 Å². The number of rotatable bonds is 3. The van der Waals surface area contributed by atoms with Crippen molar-refractivity contribution < 1.29 is 68.8 Å². The van der Waals surface area contributed by atoms with Gasteiger partial charge in [0.2, 0.25) is 0 Å². The summed E-state index contributed by atoms with van der Waals surface area (Å²) in [6, 6.07) is 6.32. The van der Waals surface area contributed by atoms with E-state index in [1.807, 2.05) is 13.8 Å². The van der Waals surface area contributed by atoms with Crippen LogP contribution in [-0.4, -0.2) is 65.7 Å². The molecule has 0 aliphatic carbocycles. The summed E-state index contributed by atoms with van der Waals surface area (Å²) >= 11 is 0. The van der Waals surface area contributed by atoms with Crippen LogP contribution < -0.4 is 0 Å². The van der Waals surface area contributed by atoms with Gasteiger partial charge >= 0.3 is 30.5 Å². The van der Waals surface area contributed by atoms with E-state index in [4.69, 9.17) is 24.2 Å². The van der Waals surface area contributed by atoms with E-state index in [-0.39, 0.29) is 5.56 Å². The van der Waals surface area contributed by atoms with Gasteiger partial charge in [-0.05, 0) is 37.6 Å². The molecule has 0 aliphatic rings. The van der Waals surface area contributed by atoms with Crippen molar-refractivity contribution in [3.63, 3.8) is 0 Å². The van der Waals surface area contributed by atoms with E-state index in [0.717, 1.165) is 17.6 Å². The lowest BCUT2D eigenvalue weighted by Crippen LogP contribution is -2.21. The average Bonchev–Trinajstić information content (AvgIpc) is 3.45. The van der Waals surface area contributed by atoms with Crippen molar-refractivity contribution >= 4 is 23.0 Å². The Hall–Kier alpha value is -4.68. The summed E-state index contributed by atoms with van der Waals surface area (Å²) in [5.74, 6) is -4.69. The van der Waals surface area contributed by atoms with E-state index in [1.165, 1.54) is 12.3 Å². The molecule has 0 saturated carbocycles. The van der Waals surface area contributed by atoms with Crippen molar-refractivity contribution in [3.05, 3.63) is 53.6 Å². The average molecular weight is 616 g/mol. The maximum Gasteiger partial charge on any atom is 0.490 e. The lowest BCUT2D eigenvalue weighted by molar-refractivity contribution is -0.206. The summed E-state index contributed by atoms with van der Waals surface area (Å²) < 4.78 is 108. The Morgan fingerprint density at radius 3 is 1.86 bits per heavy atom. The number of aromatic nitrogens is 4. The molecule has 0 amide bonds. The third-order valence-corrected chi connectivity index (χ3v) is 4.92. The Morgan fingerprint density at radius 1 is 0.857 bits per heavy atom. The van der Waals surface area contributed by atoms with E-state index in [1.54, 1.807) is 18.2 Å². The molecule has 228 valence electrons. The highest BCUT2D eigenvalue weighted by atomic mass is 19.4. The van der Waals surface area contributed by atoms with Crippen LogP contribution in [0.3, 0.4) is 0 Å². The molecule has 0 radical (unpaired) electrons. The molecule has 1 unspecified atom stereocenters. The monoisotopic (exact) mass is 616 g/mol. The summed E-state index contributed by atoms with van der Waals surface area (Å²) in [6.45, 7) is 3.76. The summed E-state index contributed by atoms with van der Waals surface area (Å²) in [4.78, 5) is 33.4. The highest BCUT2D eigenvalue weighted by molar-refractivity contribution is 5.81. The van der Waals surface area contributed by atoms with Crippen LogP contribution in [0.4, 0.5) is 39.5 Å². The summed E-state index contributed by atoms with van der Waals surface area (Å²) in [5.41, 5.74) is 3.47. The number of hydrogen-bond donors (Lipinski definition) is 4. The Balaban J connectivity index is 0.000000367. The second kappa shape index (κ2) is 12.5. The number of halogens is 9. The van der Waals surface area contributed by atoms with Crippen LogP contribution in [0.5, 0.6) is 0 Å². The fourth-order valence-corrected chi connectivity index (χ4v) is 2.81. The Labute approximate surface area is 227 Å². The first-order valence-electron chi connectivity index (χ1n) is 10.9. The number of carboxylic acids is 2. The molecule has 0 bridgehead atoms. The zero-order valence-corrected chi connectivity index (χ0v) is 20.9. The van der Waals surface area contributed by atoms with Crippen LogP contribution in [0.1, 0.15) is 23.1 Å². The van der Waals surface area contributed by atoms with Crippen molar-refractivity contribution in [2.75, 3.05) is 0 Å². The Kier molecular flexibility index (Phi) is 9.94. The molecule has 0 spiro atoms. The van der Waals surface area contributed by atoms with Crippen LogP contribution in [0, 0.1) is 13.8 Å². The van der Waals surface area contributed by atoms with E-state index < -0.39 is 36.6 Å². The van der Waals surface area contributed by atoms with Gasteiger partial charge in [0.25, 0.3) is 5.89 Å². The Morgan fingerprint density at radius 2 is 1.40 bits per heavy atom. The molecule has 1 aromatic carbocycles. The molecule has 0 fully saturated rings. The summed E-state index contributed by atoms with van der Waals surface area (Å²) in [5, 5.41) is 23.7. The third kappa shape index (κ3) is 8.91. The van der Waals surface area contributed by atoms with Crippen LogP contribution in [0.15, 0.2) is 41.1 Å². The van der Waals surface area contributed by atoms with E-state index in [2.05, 4.69) is 19.9 Å². The molecular weight excluding hydrogens is 599 g/mol. The fourth-order valence-electron chi connectivity index (χ4n) is 2.81. The standard InChI is InChI=1S/C19H15F3N4O2.2C2HF3O2/c1-9-10(2)25-17(24-9)18-26-14-4-3-11(6-15(14)28-18)12-5-13(8-23-7-12)16(27)19(20,21)22;2*3-2(4,5)1(6)7/h3-8,16,27H,1-2H3,(H,24,25);2*(H,6,7). The highest BCUT2D eigenvalue weighted by Gasteiger charge is 2.40. The van der Waals surface area contributed by atoms with Crippen LogP contribution in [-0.2, 0) is 9.59 Å². The number of aliphatic carboxylic acids is 2. The van der Waals surface area contributed by atoms with Gasteiger partial charge in [-0.1, -0.05) is 6.07 Å².